The SMILES string of the molecule is CNc1cc(N(C)CC(N)=O)c(C(=O)NC2CCC(C(F)(F)F)CC2)cc1[N+](=O)[O-]. The van der Waals surface area contributed by atoms with E-state index in [1.807, 2.05) is 0 Å². The molecular weight excluding hydrogens is 407 g/mol. The lowest BCUT2D eigenvalue weighted by atomic mass is 9.85. The van der Waals surface area contributed by atoms with Gasteiger partial charge in [0, 0.05) is 26.2 Å². The van der Waals surface area contributed by atoms with Gasteiger partial charge in [0.2, 0.25) is 5.91 Å². The highest BCUT2D eigenvalue weighted by atomic mass is 19.4. The Morgan fingerprint density at radius 2 is 1.87 bits per heavy atom. The van der Waals surface area contributed by atoms with Crippen molar-refractivity contribution in [2.24, 2.45) is 11.7 Å². The normalized spacial score (nSPS) is 19.1. The van der Waals surface area contributed by atoms with E-state index in [9.17, 15) is 32.9 Å². The maximum absolute atomic E-state index is 12.9. The Kier molecular flexibility index (Phi) is 7.11. The lowest BCUT2D eigenvalue weighted by Gasteiger charge is -2.30. The van der Waals surface area contributed by atoms with Crippen molar-refractivity contribution in [1.82, 2.24) is 5.32 Å². The van der Waals surface area contributed by atoms with Gasteiger partial charge >= 0.3 is 6.18 Å². The smallest absolute Gasteiger partial charge is 0.383 e. The van der Waals surface area contributed by atoms with Crippen LogP contribution in [0.4, 0.5) is 30.2 Å². The summed E-state index contributed by atoms with van der Waals surface area (Å²) >= 11 is 0. The number of hydrogen-bond acceptors (Lipinski definition) is 6. The molecule has 0 saturated heterocycles. The number of hydrogen-bond donors (Lipinski definition) is 3. The summed E-state index contributed by atoms with van der Waals surface area (Å²) in [6.45, 7) is -0.238. The Morgan fingerprint density at radius 3 is 2.33 bits per heavy atom. The van der Waals surface area contributed by atoms with Crippen molar-refractivity contribution in [3.63, 3.8) is 0 Å². The number of nitrogens with two attached hydrogens (primary N) is 1. The molecule has 4 N–H and O–H groups in total. The lowest BCUT2D eigenvalue weighted by Crippen LogP contribution is -2.40. The molecule has 1 saturated carbocycles. The summed E-state index contributed by atoms with van der Waals surface area (Å²) in [6, 6.07) is 1.96. The molecule has 0 spiro atoms. The number of carbonyl (C=O) groups is 2. The van der Waals surface area contributed by atoms with E-state index >= 15 is 0 Å². The van der Waals surface area contributed by atoms with Crippen LogP contribution in [-0.4, -0.2) is 49.6 Å². The van der Waals surface area contributed by atoms with Gasteiger partial charge < -0.3 is 21.3 Å². The minimum Gasteiger partial charge on any atom is -0.383 e. The van der Waals surface area contributed by atoms with Crippen LogP contribution in [0.15, 0.2) is 12.1 Å². The van der Waals surface area contributed by atoms with Crippen LogP contribution in [0.25, 0.3) is 0 Å². The molecule has 30 heavy (non-hydrogen) atoms. The number of nitrogens with zero attached hydrogens (tertiary/aromatic N) is 2. The van der Waals surface area contributed by atoms with Crippen LogP contribution in [-0.2, 0) is 4.79 Å². The quantitative estimate of drug-likeness (QED) is 0.449. The molecular formula is C18H24F3N5O4. The van der Waals surface area contributed by atoms with Gasteiger partial charge in [0.25, 0.3) is 11.6 Å². The average molecular weight is 431 g/mol. The van der Waals surface area contributed by atoms with Crippen LogP contribution in [0, 0.1) is 16.0 Å². The van der Waals surface area contributed by atoms with Crippen molar-refractivity contribution in [3.05, 3.63) is 27.8 Å². The molecule has 1 fully saturated rings. The third-order valence-corrected chi connectivity index (χ3v) is 5.15. The highest BCUT2D eigenvalue weighted by Crippen LogP contribution is 2.38. The monoisotopic (exact) mass is 431 g/mol. The van der Waals surface area contributed by atoms with E-state index < -0.39 is 34.9 Å². The van der Waals surface area contributed by atoms with E-state index in [4.69, 9.17) is 5.73 Å². The number of nitro benzene ring substituents is 1. The maximum atomic E-state index is 12.9. The second kappa shape index (κ2) is 9.18. The maximum Gasteiger partial charge on any atom is 0.391 e. The Bertz CT molecular complexity index is 823. The number of nitro groups is 1. The molecule has 0 atom stereocenters. The van der Waals surface area contributed by atoms with Crippen molar-refractivity contribution in [1.29, 1.82) is 0 Å². The molecule has 0 aromatic heterocycles. The van der Waals surface area contributed by atoms with Gasteiger partial charge in [0.15, 0.2) is 0 Å². The van der Waals surface area contributed by atoms with Crippen molar-refractivity contribution < 1.29 is 27.7 Å². The van der Waals surface area contributed by atoms with Crippen LogP contribution in [0.1, 0.15) is 36.0 Å². The Hall–Kier alpha value is -3.05. The van der Waals surface area contributed by atoms with Crippen molar-refractivity contribution in [2.45, 2.75) is 37.9 Å². The average Bonchev–Trinajstić information content (AvgIpc) is 2.65. The van der Waals surface area contributed by atoms with E-state index in [1.54, 1.807) is 0 Å². The number of anilines is 2. The van der Waals surface area contributed by atoms with Crippen molar-refractivity contribution in [2.75, 3.05) is 30.9 Å². The summed E-state index contributed by atoms with van der Waals surface area (Å²) in [7, 11) is 2.97. The number of halogens is 3. The van der Waals surface area contributed by atoms with Crippen LogP contribution >= 0.6 is 0 Å². The molecule has 0 radical (unpaired) electrons. The van der Waals surface area contributed by atoms with Gasteiger partial charge in [-0.3, -0.25) is 19.7 Å². The standard InChI is InChI=1S/C18H24F3N5O4/c1-23-13-8-14(25(2)9-16(22)27)12(7-15(13)26(29)30)17(28)24-11-5-3-10(4-6-11)18(19,20)21/h7-8,10-11,23H,3-6,9H2,1-2H3,(H2,22,27)(H,24,28). The topological polar surface area (TPSA) is 131 Å². The van der Waals surface area contributed by atoms with E-state index in [0.29, 0.717) is 0 Å². The number of likely N-dealkylation sites (N-methyl/N-ethyl adjacent to an activating group) is 1. The molecule has 0 heterocycles. The fourth-order valence-electron chi connectivity index (χ4n) is 3.57. The van der Waals surface area contributed by atoms with Crippen molar-refractivity contribution >= 4 is 28.9 Å². The van der Waals surface area contributed by atoms with Gasteiger partial charge in [-0.25, -0.2) is 0 Å². The van der Waals surface area contributed by atoms with E-state index in [0.717, 1.165) is 6.07 Å². The van der Waals surface area contributed by atoms with Gasteiger partial charge in [-0.2, -0.15) is 13.2 Å². The largest absolute Gasteiger partial charge is 0.391 e. The second-order valence-corrected chi connectivity index (χ2v) is 7.28. The first-order valence-electron chi connectivity index (χ1n) is 9.31. The molecule has 1 aromatic rings. The fraction of sp³-hybridized carbons (Fsp3) is 0.556. The number of primary amides is 1. The first-order chi connectivity index (χ1) is 13.9. The summed E-state index contributed by atoms with van der Waals surface area (Å²) in [6.07, 6.45) is -4.15. The minimum atomic E-state index is -4.26. The molecule has 166 valence electrons. The minimum absolute atomic E-state index is 0.0672. The van der Waals surface area contributed by atoms with Crippen LogP contribution in [0.3, 0.4) is 0 Å². The Morgan fingerprint density at radius 1 is 1.27 bits per heavy atom. The van der Waals surface area contributed by atoms with Crippen LogP contribution in [0.2, 0.25) is 0 Å². The Balaban J connectivity index is 2.29. The predicted molar refractivity (Wildman–Crippen MR) is 104 cm³/mol. The third kappa shape index (κ3) is 5.51. The molecule has 1 aliphatic rings. The highest BCUT2D eigenvalue weighted by Gasteiger charge is 2.41. The summed E-state index contributed by atoms with van der Waals surface area (Å²) in [5.74, 6) is -2.72. The number of alkyl halides is 3. The number of benzene rings is 1. The second-order valence-electron chi connectivity index (χ2n) is 7.28. The lowest BCUT2D eigenvalue weighted by molar-refractivity contribution is -0.383. The molecule has 0 unspecified atom stereocenters. The zero-order valence-electron chi connectivity index (χ0n) is 16.6. The summed E-state index contributed by atoms with van der Waals surface area (Å²) in [5.41, 5.74) is 5.15. The first kappa shape index (κ1) is 23.2. The molecule has 1 aromatic carbocycles. The van der Waals surface area contributed by atoms with Gasteiger partial charge in [-0.1, -0.05) is 0 Å². The molecule has 9 nitrogen and oxygen atoms in total. The van der Waals surface area contributed by atoms with Crippen LogP contribution < -0.4 is 21.3 Å². The number of amides is 2. The summed E-state index contributed by atoms with van der Waals surface area (Å²) < 4.78 is 38.5. The van der Waals surface area contributed by atoms with Gasteiger partial charge in [-0.05, 0) is 31.7 Å². The highest BCUT2D eigenvalue weighted by molar-refractivity contribution is 6.02. The summed E-state index contributed by atoms with van der Waals surface area (Å²) in [4.78, 5) is 36.2. The van der Waals surface area contributed by atoms with Gasteiger partial charge in [-0.15, -0.1) is 0 Å². The van der Waals surface area contributed by atoms with E-state index in [-0.39, 0.29) is 54.9 Å². The molecule has 12 heteroatoms. The summed E-state index contributed by atoms with van der Waals surface area (Å²) in [5, 5.41) is 16.7. The zero-order valence-corrected chi connectivity index (χ0v) is 16.6. The predicted octanol–water partition coefficient (Wildman–Crippen LogP) is 2.41. The van der Waals surface area contributed by atoms with Crippen molar-refractivity contribution in [3.8, 4) is 0 Å². The number of nitrogens with one attached hydrogen (secondary N) is 2. The molecule has 0 bridgehead atoms. The molecule has 2 amide bonds. The van der Waals surface area contributed by atoms with Gasteiger partial charge in [0.1, 0.15) is 5.69 Å². The first-order valence-corrected chi connectivity index (χ1v) is 9.31. The molecule has 1 aliphatic carbocycles. The molecule has 0 aliphatic heterocycles. The number of rotatable bonds is 7. The fourth-order valence-corrected chi connectivity index (χ4v) is 3.57. The molecule has 2 rings (SSSR count). The zero-order chi connectivity index (χ0) is 22.6. The van der Waals surface area contributed by atoms with E-state index in [1.165, 1.54) is 25.1 Å². The van der Waals surface area contributed by atoms with Crippen LogP contribution in [0.5, 0.6) is 0 Å². The van der Waals surface area contributed by atoms with E-state index in [2.05, 4.69) is 10.6 Å². The van der Waals surface area contributed by atoms with Gasteiger partial charge in [0.05, 0.1) is 28.6 Å². The number of carbonyl (C=O) groups excluding carboxylic acids is 2. The Labute approximate surface area is 170 Å². The third-order valence-electron chi connectivity index (χ3n) is 5.15.